The number of rotatable bonds is 3. The number of aryl methyl sites for hydroxylation is 1. The molecule has 0 bridgehead atoms. The molecule has 1 fully saturated rings. The lowest BCUT2D eigenvalue weighted by Gasteiger charge is -2.32. The van der Waals surface area contributed by atoms with E-state index in [4.69, 9.17) is 0 Å². The van der Waals surface area contributed by atoms with Crippen LogP contribution in [0.4, 0.5) is 4.79 Å². The Bertz CT molecular complexity index is 1060. The standard InChI is InChI=1S/C21H19N5O2/c27-19-21(11-10-15-6-4-5-7-16(15)12-21)23-20(28)25(19)14-17-13-22-26(24-17)18-8-2-1-3-9-18/h1-9,13H,10-12,14H2,(H,23,28). The summed E-state index contributed by atoms with van der Waals surface area (Å²) < 4.78 is 0. The lowest BCUT2D eigenvalue weighted by molar-refractivity contribution is -0.132. The van der Waals surface area contributed by atoms with E-state index in [1.54, 1.807) is 6.20 Å². The Kier molecular flexibility index (Phi) is 3.75. The first kappa shape index (κ1) is 16.7. The summed E-state index contributed by atoms with van der Waals surface area (Å²) in [4.78, 5) is 28.5. The van der Waals surface area contributed by atoms with Crippen LogP contribution in [0.5, 0.6) is 0 Å². The van der Waals surface area contributed by atoms with Crippen LogP contribution in [0.2, 0.25) is 0 Å². The molecule has 1 aromatic heterocycles. The third kappa shape index (κ3) is 2.67. The van der Waals surface area contributed by atoms with Crippen molar-refractivity contribution in [3.63, 3.8) is 0 Å². The first-order valence-electron chi connectivity index (χ1n) is 9.32. The summed E-state index contributed by atoms with van der Waals surface area (Å²) in [5, 5.41) is 11.6. The fraction of sp³-hybridized carbons (Fsp3) is 0.238. The number of nitrogens with one attached hydrogen (secondary N) is 1. The number of imide groups is 1. The molecule has 2 aromatic carbocycles. The molecule has 28 heavy (non-hydrogen) atoms. The van der Waals surface area contributed by atoms with E-state index in [0.29, 0.717) is 18.5 Å². The molecule has 1 unspecified atom stereocenters. The number of urea groups is 1. The number of hydrogen-bond acceptors (Lipinski definition) is 4. The summed E-state index contributed by atoms with van der Waals surface area (Å²) in [7, 11) is 0. The van der Waals surface area contributed by atoms with Crippen LogP contribution in [0.25, 0.3) is 5.69 Å². The summed E-state index contributed by atoms with van der Waals surface area (Å²) in [6.45, 7) is 0.112. The van der Waals surface area contributed by atoms with Crippen LogP contribution in [0, 0.1) is 0 Å². The molecule has 140 valence electrons. The van der Waals surface area contributed by atoms with Crippen molar-refractivity contribution < 1.29 is 9.59 Å². The van der Waals surface area contributed by atoms with Gasteiger partial charge >= 0.3 is 6.03 Å². The second-order valence-electron chi connectivity index (χ2n) is 7.31. The van der Waals surface area contributed by atoms with E-state index in [0.717, 1.165) is 17.7 Å². The van der Waals surface area contributed by atoms with Crippen LogP contribution < -0.4 is 5.32 Å². The Labute approximate surface area is 162 Å². The average molecular weight is 373 g/mol. The van der Waals surface area contributed by atoms with Gasteiger partial charge in [-0.15, -0.1) is 0 Å². The topological polar surface area (TPSA) is 80.1 Å². The van der Waals surface area contributed by atoms with Gasteiger partial charge in [0.2, 0.25) is 0 Å². The molecular weight excluding hydrogens is 354 g/mol. The maximum absolute atomic E-state index is 13.2. The van der Waals surface area contributed by atoms with Gasteiger partial charge < -0.3 is 5.32 Å². The van der Waals surface area contributed by atoms with Gasteiger partial charge in [-0.1, -0.05) is 42.5 Å². The Morgan fingerprint density at radius 1 is 1.00 bits per heavy atom. The highest BCUT2D eigenvalue weighted by Crippen LogP contribution is 2.34. The minimum absolute atomic E-state index is 0.112. The molecule has 2 aliphatic rings. The summed E-state index contributed by atoms with van der Waals surface area (Å²) in [6.07, 6.45) is 3.51. The van der Waals surface area contributed by atoms with E-state index < -0.39 is 5.54 Å². The van der Waals surface area contributed by atoms with Gasteiger partial charge in [0.15, 0.2) is 0 Å². The van der Waals surface area contributed by atoms with Gasteiger partial charge in [-0.25, -0.2) is 4.79 Å². The highest BCUT2D eigenvalue weighted by molar-refractivity contribution is 6.07. The molecule has 3 amide bonds. The molecule has 1 N–H and O–H groups in total. The number of hydrogen-bond donors (Lipinski definition) is 1. The van der Waals surface area contributed by atoms with Crippen LogP contribution in [0.1, 0.15) is 23.2 Å². The number of carbonyl (C=O) groups excluding carboxylic acids is 2. The molecule has 3 aromatic rings. The number of benzene rings is 2. The first-order chi connectivity index (χ1) is 13.6. The predicted molar refractivity (Wildman–Crippen MR) is 102 cm³/mol. The van der Waals surface area contributed by atoms with Crippen molar-refractivity contribution in [3.05, 3.63) is 77.6 Å². The Morgan fingerprint density at radius 3 is 2.57 bits per heavy atom. The van der Waals surface area contributed by atoms with Crippen molar-refractivity contribution in [1.82, 2.24) is 25.2 Å². The van der Waals surface area contributed by atoms with Crippen molar-refractivity contribution >= 4 is 11.9 Å². The second kappa shape index (κ2) is 6.30. The molecule has 0 saturated carbocycles. The maximum atomic E-state index is 13.2. The number of amides is 3. The van der Waals surface area contributed by atoms with Gasteiger partial charge in [0, 0.05) is 6.42 Å². The van der Waals surface area contributed by atoms with Gasteiger partial charge in [-0.2, -0.15) is 15.0 Å². The smallest absolute Gasteiger partial charge is 0.323 e. The molecule has 1 aliphatic carbocycles. The minimum Gasteiger partial charge on any atom is -0.323 e. The zero-order chi connectivity index (χ0) is 19.1. The zero-order valence-corrected chi connectivity index (χ0v) is 15.2. The van der Waals surface area contributed by atoms with Crippen molar-refractivity contribution in [2.75, 3.05) is 0 Å². The molecule has 7 nitrogen and oxygen atoms in total. The van der Waals surface area contributed by atoms with Crippen LogP contribution in [0.3, 0.4) is 0 Å². The van der Waals surface area contributed by atoms with Crippen LogP contribution in [-0.4, -0.2) is 37.4 Å². The highest BCUT2D eigenvalue weighted by Gasteiger charge is 2.52. The highest BCUT2D eigenvalue weighted by atomic mass is 16.2. The number of nitrogens with zero attached hydrogens (tertiary/aromatic N) is 4. The number of para-hydroxylation sites is 1. The van der Waals surface area contributed by atoms with Crippen molar-refractivity contribution in [1.29, 1.82) is 0 Å². The average Bonchev–Trinajstić information content (AvgIpc) is 3.28. The fourth-order valence-corrected chi connectivity index (χ4v) is 4.06. The normalized spacial score (nSPS) is 21.1. The van der Waals surface area contributed by atoms with E-state index in [2.05, 4.69) is 21.6 Å². The Hall–Kier alpha value is -3.48. The zero-order valence-electron chi connectivity index (χ0n) is 15.2. The fourth-order valence-electron chi connectivity index (χ4n) is 4.06. The molecule has 1 saturated heterocycles. The van der Waals surface area contributed by atoms with Crippen LogP contribution in [-0.2, 0) is 24.2 Å². The summed E-state index contributed by atoms with van der Waals surface area (Å²) in [5.41, 5.74) is 2.92. The molecule has 0 radical (unpaired) electrons. The summed E-state index contributed by atoms with van der Waals surface area (Å²) >= 11 is 0. The third-order valence-corrected chi connectivity index (χ3v) is 5.52. The van der Waals surface area contributed by atoms with E-state index in [9.17, 15) is 9.59 Å². The van der Waals surface area contributed by atoms with Gasteiger partial charge in [-0.3, -0.25) is 9.69 Å². The summed E-state index contributed by atoms with van der Waals surface area (Å²) in [6, 6.07) is 17.3. The quantitative estimate of drug-likeness (QED) is 0.714. The predicted octanol–water partition coefficient (Wildman–Crippen LogP) is 2.25. The van der Waals surface area contributed by atoms with Crippen molar-refractivity contribution in [2.24, 2.45) is 0 Å². The van der Waals surface area contributed by atoms with Gasteiger partial charge in [-0.05, 0) is 36.1 Å². The lowest BCUT2D eigenvalue weighted by atomic mass is 9.78. The van der Waals surface area contributed by atoms with Gasteiger partial charge in [0.05, 0.1) is 18.4 Å². The van der Waals surface area contributed by atoms with Gasteiger partial charge in [0.1, 0.15) is 11.2 Å². The van der Waals surface area contributed by atoms with Crippen molar-refractivity contribution in [3.8, 4) is 5.69 Å². The third-order valence-electron chi connectivity index (χ3n) is 5.52. The first-order valence-corrected chi connectivity index (χ1v) is 9.32. The van der Waals surface area contributed by atoms with Crippen molar-refractivity contribution in [2.45, 2.75) is 31.3 Å². The number of carbonyl (C=O) groups is 2. The molecule has 2 heterocycles. The van der Waals surface area contributed by atoms with Crippen LogP contribution >= 0.6 is 0 Å². The molecule has 5 rings (SSSR count). The molecule has 1 aliphatic heterocycles. The van der Waals surface area contributed by atoms with E-state index in [1.807, 2.05) is 48.5 Å². The molecular formula is C21H19N5O2. The van der Waals surface area contributed by atoms with E-state index >= 15 is 0 Å². The van der Waals surface area contributed by atoms with E-state index in [1.165, 1.54) is 15.3 Å². The monoisotopic (exact) mass is 373 g/mol. The molecule has 1 spiro atoms. The molecule has 7 heteroatoms. The maximum Gasteiger partial charge on any atom is 0.325 e. The SMILES string of the molecule is O=C1NC2(CCc3ccccc3C2)C(=O)N1Cc1cnn(-c2ccccc2)n1. The van der Waals surface area contributed by atoms with Crippen LogP contribution in [0.15, 0.2) is 60.8 Å². The molecule has 1 atom stereocenters. The Morgan fingerprint density at radius 2 is 1.75 bits per heavy atom. The second-order valence-corrected chi connectivity index (χ2v) is 7.31. The summed E-state index contributed by atoms with van der Waals surface area (Å²) in [5.74, 6) is -0.179. The lowest BCUT2D eigenvalue weighted by Crippen LogP contribution is -2.51. The van der Waals surface area contributed by atoms with E-state index in [-0.39, 0.29) is 18.5 Å². The number of fused-ring (bicyclic) bond motifs is 1. The minimum atomic E-state index is -0.846. The largest absolute Gasteiger partial charge is 0.325 e. The number of aromatic nitrogens is 3. The Balaban J connectivity index is 1.37. The van der Waals surface area contributed by atoms with Gasteiger partial charge in [0.25, 0.3) is 5.91 Å².